The highest BCUT2D eigenvalue weighted by atomic mass is 16.5. The van der Waals surface area contributed by atoms with Gasteiger partial charge in [0, 0.05) is 5.56 Å². The predicted molar refractivity (Wildman–Crippen MR) is 88.3 cm³/mol. The Balaban J connectivity index is 2.18. The van der Waals surface area contributed by atoms with Crippen molar-refractivity contribution in [3.63, 3.8) is 0 Å². The second-order valence-corrected chi connectivity index (χ2v) is 5.19. The summed E-state index contributed by atoms with van der Waals surface area (Å²) >= 11 is 0. The molecule has 1 N–H and O–H groups in total. The van der Waals surface area contributed by atoms with Crippen LogP contribution in [0, 0.1) is 5.92 Å². The lowest BCUT2D eigenvalue weighted by Gasteiger charge is -2.11. The third kappa shape index (κ3) is 3.95. The molecule has 114 valence electrons. The van der Waals surface area contributed by atoms with Crippen LogP contribution in [0.25, 0.3) is 0 Å². The molecule has 0 heterocycles. The van der Waals surface area contributed by atoms with Gasteiger partial charge in [0.2, 0.25) is 0 Å². The van der Waals surface area contributed by atoms with E-state index in [0.29, 0.717) is 11.3 Å². The van der Waals surface area contributed by atoms with Gasteiger partial charge in [-0.25, -0.2) is 5.43 Å². The summed E-state index contributed by atoms with van der Waals surface area (Å²) in [6.07, 6.45) is 0. The summed E-state index contributed by atoms with van der Waals surface area (Å²) in [6.45, 7) is 4.09. The molecule has 0 aliphatic heterocycles. The first-order chi connectivity index (χ1) is 10.6. The molecule has 0 fully saturated rings. The second kappa shape index (κ2) is 7.41. The van der Waals surface area contributed by atoms with Crippen LogP contribution in [0.5, 0.6) is 5.75 Å². The van der Waals surface area contributed by atoms with E-state index in [0.717, 1.165) is 11.3 Å². The van der Waals surface area contributed by atoms with E-state index in [4.69, 9.17) is 4.74 Å². The minimum absolute atomic E-state index is 0.202. The summed E-state index contributed by atoms with van der Waals surface area (Å²) in [7, 11) is 1.57. The number of ether oxygens (including phenoxy) is 1. The molecule has 0 aliphatic carbocycles. The molecule has 2 aromatic rings. The molecular weight excluding hydrogens is 276 g/mol. The molecule has 2 rings (SSSR count). The normalized spacial score (nSPS) is 11.4. The Kier molecular flexibility index (Phi) is 5.31. The van der Waals surface area contributed by atoms with Gasteiger partial charge in [0.05, 0.1) is 12.8 Å². The van der Waals surface area contributed by atoms with Crippen molar-refractivity contribution in [2.75, 3.05) is 7.11 Å². The number of nitrogens with one attached hydrogen (secondary N) is 1. The number of hydrogen-bond donors (Lipinski definition) is 1. The van der Waals surface area contributed by atoms with E-state index in [2.05, 4.69) is 10.5 Å². The fourth-order valence-electron chi connectivity index (χ4n) is 2.08. The molecule has 0 radical (unpaired) electrons. The number of nitrogens with zero attached hydrogens (tertiary/aromatic N) is 1. The Morgan fingerprint density at radius 1 is 1.05 bits per heavy atom. The lowest BCUT2D eigenvalue weighted by atomic mass is 10.0. The van der Waals surface area contributed by atoms with Crippen LogP contribution in [0.15, 0.2) is 59.7 Å². The minimum atomic E-state index is -0.256. The molecule has 4 nitrogen and oxygen atoms in total. The van der Waals surface area contributed by atoms with E-state index in [9.17, 15) is 4.79 Å². The van der Waals surface area contributed by atoms with Crippen molar-refractivity contribution in [3.8, 4) is 5.75 Å². The van der Waals surface area contributed by atoms with Gasteiger partial charge < -0.3 is 4.74 Å². The molecule has 0 saturated heterocycles. The molecule has 0 bridgehead atoms. The lowest BCUT2D eigenvalue weighted by Crippen LogP contribution is -2.22. The summed E-state index contributed by atoms with van der Waals surface area (Å²) < 4.78 is 5.12. The van der Waals surface area contributed by atoms with Gasteiger partial charge in [-0.1, -0.05) is 50.2 Å². The van der Waals surface area contributed by atoms with E-state index in [1.54, 1.807) is 31.4 Å². The zero-order valence-electron chi connectivity index (χ0n) is 13.0. The van der Waals surface area contributed by atoms with E-state index < -0.39 is 0 Å². The summed E-state index contributed by atoms with van der Waals surface area (Å²) in [5.74, 6) is 0.588. The summed E-state index contributed by atoms with van der Waals surface area (Å²) in [6, 6.07) is 16.8. The molecule has 0 atom stereocenters. The van der Waals surface area contributed by atoms with Crippen LogP contribution < -0.4 is 10.2 Å². The third-order valence-corrected chi connectivity index (χ3v) is 3.23. The quantitative estimate of drug-likeness (QED) is 0.678. The van der Waals surface area contributed by atoms with Crippen molar-refractivity contribution in [1.82, 2.24) is 5.43 Å². The van der Waals surface area contributed by atoms with Gasteiger partial charge in [0.1, 0.15) is 5.75 Å². The highest BCUT2D eigenvalue weighted by Gasteiger charge is 2.10. The SMILES string of the molecule is COc1cccc(C(=O)N/N=C(\c2ccccc2)C(C)C)c1. The Morgan fingerprint density at radius 3 is 2.36 bits per heavy atom. The average Bonchev–Trinajstić information content (AvgIpc) is 2.55. The highest BCUT2D eigenvalue weighted by molar-refractivity contribution is 6.03. The van der Waals surface area contributed by atoms with Crippen LogP contribution in [-0.4, -0.2) is 18.7 Å². The zero-order chi connectivity index (χ0) is 15.9. The number of benzene rings is 2. The van der Waals surface area contributed by atoms with Crippen molar-refractivity contribution < 1.29 is 9.53 Å². The van der Waals surface area contributed by atoms with Crippen LogP contribution in [0.4, 0.5) is 0 Å². The predicted octanol–water partition coefficient (Wildman–Crippen LogP) is 3.49. The number of rotatable bonds is 5. The van der Waals surface area contributed by atoms with Gasteiger partial charge >= 0.3 is 0 Å². The maximum absolute atomic E-state index is 12.2. The first-order valence-corrected chi connectivity index (χ1v) is 7.19. The van der Waals surface area contributed by atoms with Crippen molar-refractivity contribution >= 4 is 11.6 Å². The van der Waals surface area contributed by atoms with Gasteiger partial charge in [-0.2, -0.15) is 5.10 Å². The molecule has 0 aromatic heterocycles. The van der Waals surface area contributed by atoms with Gasteiger partial charge in [-0.05, 0) is 29.7 Å². The first-order valence-electron chi connectivity index (χ1n) is 7.19. The van der Waals surface area contributed by atoms with Crippen LogP contribution in [0.3, 0.4) is 0 Å². The fraction of sp³-hybridized carbons (Fsp3) is 0.222. The Bertz CT molecular complexity index is 664. The number of hydrogen-bond acceptors (Lipinski definition) is 3. The third-order valence-electron chi connectivity index (χ3n) is 3.23. The number of methoxy groups -OCH3 is 1. The number of amides is 1. The second-order valence-electron chi connectivity index (χ2n) is 5.19. The lowest BCUT2D eigenvalue weighted by molar-refractivity contribution is 0.0954. The summed E-state index contributed by atoms with van der Waals surface area (Å²) in [5, 5.41) is 4.30. The molecule has 4 heteroatoms. The van der Waals surface area contributed by atoms with Crippen LogP contribution >= 0.6 is 0 Å². The maximum Gasteiger partial charge on any atom is 0.271 e. The van der Waals surface area contributed by atoms with E-state index in [1.807, 2.05) is 44.2 Å². The van der Waals surface area contributed by atoms with E-state index >= 15 is 0 Å². The van der Waals surface area contributed by atoms with Crippen molar-refractivity contribution in [3.05, 3.63) is 65.7 Å². The topological polar surface area (TPSA) is 50.7 Å². The Hall–Kier alpha value is -2.62. The molecule has 2 aromatic carbocycles. The van der Waals surface area contributed by atoms with Gasteiger partial charge in [0.15, 0.2) is 0 Å². The highest BCUT2D eigenvalue weighted by Crippen LogP contribution is 2.13. The van der Waals surface area contributed by atoms with Crippen LogP contribution in [0.1, 0.15) is 29.8 Å². The van der Waals surface area contributed by atoms with Crippen LogP contribution in [0.2, 0.25) is 0 Å². The zero-order valence-corrected chi connectivity index (χ0v) is 13.0. The molecular formula is C18H20N2O2. The minimum Gasteiger partial charge on any atom is -0.497 e. The fourth-order valence-corrected chi connectivity index (χ4v) is 2.08. The monoisotopic (exact) mass is 296 g/mol. The number of carbonyl (C=O) groups is 1. The van der Waals surface area contributed by atoms with E-state index in [1.165, 1.54) is 0 Å². The van der Waals surface area contributed by atoms with Crippen molar-refractivity contribution in [2.24, 2.45) is 11.0 Å². The number of hydrazone groups is 1. The summed E-state index contributed by atoms with van der Waals surface area (Å²) in [4.78, 5) is 12.2. The van der Waals surface area contributed by atoms with Gasteiger partial charge in [-0.3, -0.25) is 4.79 Å². The van der Waals surface area contributed by atoms with Crippen LogP contribution in [-0.2, 0) is 0 Å². The molecule has 0 aliphatic rings. The first kappa shape index (κ1) is 15.8. The van der Waals surface area contributed by atoms with Crippen molar-refractivity contribution in [2.45, 2.75) is 13.8 Å². The smallest absolute Gasteiger partial charge is 0.271 e. The van der Waals surface area contributed by atoms with Gasteiger partial charge in [-0.15, -0.1) is 0 Å². The Morgan fingerprint density at radius 2 is 1.73 bits per heavy atom. The molecule has 1 amide bonds. The molecule has 0 saturated carbocycles. The van der Waals surface area contributed by atoms with Crippen molar-refractivity contribution in [1.29, 1.82) is 0 Å². The number of carbonyl (C=O) groups excluding carboxylic acids is 1. The van der Waals surface area contributed by atoms with Gasteiger partial charge in [0.25, 0.3) is 5.91 Å². The largest absolute Gasteiger partial charge is 0.497 e. The Labute approximate surface area is 130 Å². The average molecular weight is 296 g/mol. The molecule has 0 unspecified atom stereocenters. The standard InChI is InChI=1S/C18H20N2O2/c1-13(2)17(14-8-5-4-6-9-14)19-20-18(21)15-10-7-11-16(12-15)22-3/h4-13H,1-3H3,(H,20,21)/b19-17-. The maximum atomic E-state index is 12.2. The molecule has 22 heavy (non-hydrogen) atoms. The molecule has 0 spiro atoms. The van der Waals surface area contributed by atoms with E-state index in [-0.39, 0.29) is 11.8 Å². The summed E-state index contributed by atoms with van der Waals surface area (Å²) in [5.41, 5.74) is 4.98.